The summed E-state index contributed by atoms with van der Waals surface area (Å²) in [5.74, 6) is -0.792. The van der Waals surface area contributed by atoms with Crippen LogP contribution in [0.5, 0.6) is 0 Å². The quantitative estimate of drug-likeness (QED) is 0.162. The number of rotatable bonds is 12. The largest absolute Gasteiger partial charge is 0.352 e. The van der Waals surface area contributed by atoms with E-state index in [-0.39, 0.29) is 35.5 Å². The summed E-state index contributed by atoms with van der Waals surface area (Å²) in [6.07, 6.45) is 5.21. The van der Waals surface area contributed by atoms with Gasteiger partial charge >= 0.3 is 0 Å². The molecule has 2 amide bonds. The third-order valence-corrected chi connectivity index (χ3v) is 11.3. The van der Waals surface area contributed by atoms with Crippen molar-refractivity contribution in [3.63, 3.8) is 0 Å². The highest BCUT2D eigenvalue weighted by Gasteiger charge is 2.36. The molecule has 4 aromatic rings. The predicted molar refractivity (Wildman–Crippen MR) is 193 cm³/mol. The summed E-state index contributed by atoms with van der Waals surface area (Å²) in [7, 11) is -4.24. The Kier molecular flexibility index (Phi) is 11.8. The van der Waals surface area contributed by atoms with E-state index in [1.165, 1.54) is 17.0 Å². The molecule has 0 aromatic heterocycles. The molecule has 252 valence electrons. The molecule has 10 heteroatoms. The van der Waals surface area contributed by atoms with E-state index in [9.17, 15) is 18.0 Å². The highest BCUT2D eigenvalue weighted by molar-refractivity contribution is 7.92. The second kappa shape index (κ2) is 16.0. The molecule has 1 atom stereocenters. The Morgan fingerprint density at radius 2 is 1.48 bits per heavy atom. The van der Waals surface area contributed by atoms with Crippen molar-refractivity contribution in [3.05, 3.63) is 129 Å². The minimum absolute atomic E-state index is 0.0181. The van der Waals surface area contributed by atoms with Gasteiger partial charge in [-0.05, 0) is 79.8 Å². The molecule has 0 saturated heterocycles. The van der Waals surface area contributed by atoms with Gasteiger partial charge in [0.05, 0.1) is 10.6 Å². The number of anilines is 1. The maximum absolute atomic E-state index is 14.7. The number of sulfonamides is 1. The van der Waals surface area contributed by atoms with Crippen LogP contribution in [0, 0.1) is 13.8 Å². The van der Waals surface area contributed by atoms with E-state index in [2.05, 4.69) is 5.32 Å². The third kappa shape index (κ3) is 8.78. The maximum Gasteiger partial charge on any atom is 0.264 e. The van der Waals surface area contributed by atoms with Crippen LogP contribution in [0.3, 0.4) is 0 Å². The molecule has 1 saturated carbocycles. The van der Waals surface area contributed by atoms with Gasteiger partial charge < -0.3 is 10.2 Å². The topological polar surface area (TPSA) is 86.8 Å². The first-order chi connectivity index (χ1) is 23.0. The van der Waals surface area contributed by atoms with Gasteiger partial charge in [-0.15, -0.1) is 0 Å². The molecule has 0 aliphatic heterocycles. The zero-order chi connectivity index (χ0) is 34.3. The Morgan fingerprint density at radius 1 is 0.812 bits per heavy atom. The fraction of sp³-hybridized carbons (Fsp3) is 0.316. The van der Waals surface area contributed by atoms with Gasteiger partial charge in [-0.1, -0.05) is 109 Å². The fourth-order valence-electron chi connectivity index (χ4n) is 6.10. The maximum atomic E-state index is 14.7. The van der Waals surface area contributed by atoms with Gasteiger partial charge in [0.15, 0.2) is 0 Å². The Morgan fingerprint density at radius 3 is 2.15 bits per heavy atom. The number of amides is 2. The molecule has 48 heavy (non-hydrogen) atoms. The van der Waals surface area contributed by atoms with Crippen LogP contribution in [0.4, 0.5) is 5.69 Å². The molecule has 1 aliphatic rings. The fourth-order valence-corrected chi connectivity index (χ4v) is 7.87. The van der Waals surface area contributed by atoms with Crippen molar-refractivity contribution < 1.29 is 18.0 Å². The first kappa shape index (κ1) is 35.5. The van der Waals surface area contributed by atoms with Crippen molar-refractivity contribution in [1.29, 1.82) is 0 Å². The summed E-state index contributed by atoms with van der Waals surface area (Å²) in [6.45, 7) is 3.12. The van der Waals surface area contributed by atoms with Crippen molar-refractivity contribution >= 4 is 50.7 Å². The number of aryl methyl sites for hydroxylation is 1. The van der Waals surface area contributed by atoms with E-state index in [1.807, 2.05) is 49.4 Å². The highest BCUT2D eigenvalue weighted by atomic mass is 35.5. The van der Waals surface area contributed by atoms with Crippen LogP contribution in [0.2, 0.25) is 10.0 Å². The number of nitrogens with one attached hydrogen (secondary N) is 1. The molecule has 0 bridgehead atoms. The zero-order valence-electron chi connectivity index (χ0n) is 27.2. The lowest BCUT2D eigenvalue weighted by Crippen LogP contribution is -2.55. The predicted octanol–water partition coefficient (Wildman–Crippen LogP) is 7.89. The lowest BCUT2D eigenvalue weighted by atomic mass is 9.94. The van der Waals surface area contributed by atoms with E-state index in [0.717, 1.165) is 53.1 Å². The SMILES string of the molecule is Cc1ccc(S(=O)(=O)N(CC(=O)N(Cc2ccc(Cl)cc2)[C@@H](Cc2ccccc2)C(=O)NC2CCCCC2)c2cccc(Cl)c2C)cc1. The number of hydrogen-bond acceptors (Lipinski definition) is 4. The highest BCUT2D eigenvalue weighted by Crippen LogP contribution is 2.32. The second-order valence-electron chi connectivity index (χ2n) is 12.4. The van der Waals surface area contributed by atoms with Crippen LogP contribution in [0.1, 0.15) is 54.4 Å². The van der Waals surface area contributed by atoms with Gasteiger partial charge in [-0.25, -0.2) is 8.42 Å². The molecule has 1 aliphatic carbocycles. The first-order valence-corrected chi connectivity index (χ1v) is 18.5. The molecule has 7 nitrogen and oxygen atoms in total. The second-order valence-corrected chi connectivity index (χ2v) is 15.1. The molecule has 1 N–H and O–H groups in total. The number of benzene rings is 4. The lowest BCUT2D eigenvalue weighted by molar-refractivity contribution is -0.140. The third-order valence-electron chi connectivity index (χ3n) is 8.88. The summed E-state index contributed by atoms with van der Waals surface area (Å²) in [4.78, 5) is 30.5. The Balaban J connectivity index is 1.58. The van der Waals surface area contributed by atoms with Crippen LogP contribution in [-0.2, 0) is 32.6 Å². The first-order valence-electron chi connectivity index (χ1n) is 16.3. The van der Waals surface area contributed by atoms with Crippen molar-refractivity contribution in [1.82, 2.24) is 10.2 Å². The van der Waals surface area contributed by atoms with E-state index in [4.69, 9.17) is 23.2 Å². The van der Waals surface area contributed by atoms with Crippen molar-refractivity contribution in [2.45, 2.75) is 75.9 Å². The van der Waals surface area contributed by atoms with E-state index in [0.29, 0.717) is 15.6 Å². The Bertz CT molecular complexity index is 1810. The van der Waals surface area contributed by atoms with Crippen LogP contribution in [0.15, 0.2) is 102 Å². The number of nitrogens with zero attached hydrogens (tertiary/aromatic N) is 2. The van der Waals surface area contributed by atoms with Crippen molar-refractivity contribution in [2.75, 3.05) is 10.8 Å². The zero-order valence-corrected chi connectivity index (χ0v) is 29.6. The number of hydrogen-bond donors (Lipinski definition) is 1. The summed E-state index contributed by atoms with van der Waals surface area (Å²) < 4.78 is 29.8. The molecule has 1 fully saturated rings. The minimum Gasteiger partial charge on any atom is -0.352 e. The number of carbonyl (C=O) groups excluding carboxylic acids is 2. The molecule has 4 aromatic carbocycles. The van der Waals surface area contributed by atoms with E-state index >= 15 is 0 Å². The summed E-state index contributed by atoms with van der Waals surface area (Å²) >= 11 is 12.7. The number of halogens is 2. The summed E-state index contributed by atoms with van der Waals surface area (Å²) in [5.41, 5.74) is 3.34. The summed E-state index contributed by atoms with van der Waals surface area (Å²) in [6, 6.07) is 27.2. The van der Waals surface area contributed by atoms with E-state index < -0.39 is 28.5 Å². The van der Waals surface area contributed by atoms with Crippen LogP contribution in [0.25, 0.3) is 0 Å². The molecule has 0 spiro atoms. The van der Waals surface area contributed by atoms with Crippen LogP contribution < -0.4 is 9.62 Å². The lowest BCUT2D eigenvalue weighted by Gasteiger charge is -2.35. The molecule has 5 rings (SSSR count). The molecular weight excluding hydrogens is 665 g/mol. The van der Waals surface area contributed by atoms with Crippen LogP contribution >= 0.6 is 23.2 Å². The average Bonchev–Trinajstić information content (AvgIpc) is 3.08. The smallest absolute Gasteiger partial charge is 0.264 e. The van der Waals surface area contributed by atoms with Gasteiger partial charge in [0, 0.05) is 29.1 Å². The minimum atomic E-state index is -4.24. The van der Waals surface area contributed by atoms with Crippen LogP contribution in [-0.4, -0.2) is 43.8 Å². The van der Waals surface area contributed by atoms with Gasteiger partial charge in [-0.2, -0.15) is 0 Å². The normalized spacial score (nSPS) is 14.2. The van der Waals surface area contributed by atoms with Gasteiger partial charge in [-0.3, -0.25) is 13.9 Å². The summed E-state index contributed by atoms with van der Waals surface area (Å²) in [5, 5.41) is 4.14. The van der Waals surface area contributed by atoms with E-state index in [1.54, 1.807) is 49.4 Å². The molecule has 0 unspecified atom stereocenters. The van der Waals surface area contributed by atoms with Gasteiger partial charge in [0.1, 0.15) is 12.6 Å². The van der Waals surface area contributed by atoms with Gasteiger partial charge in [0.2, 0.25) is 11.8 Å². The average molecular weight is 707 g/mol. The van der Waals surface area contributed by atoms with Crippen molar-refractivity contribution in [3.8, 4) is 0 Å². The standard InChI is InChI=1S/C38H41Cl2N3O4S/c1-27-16-22-33(23-17-27)48(46,47)43(35-15-9-14-34(40)28(35)2)26-37(44)42(25-30-18-20-31(39)21-19-30)36(24-29-10-5-3-6-11-29)38(45)41-32-12-7-4-8-13-32/h3,5-6,9-11,14-23,32,36H,4,7-8,12-13,24-26H2,1-2H3,(H,41,45)/t36-/m0/s1. The molecular formula is C38H41Cl2N3O4S. The van der Waals surface area contributed by atoms with Gasteiger partial charge in [0.25, 0.3) is 10.0 Å². The molecule has 0 radical (unpaired) electrons. The Labute approximate surface area is 293 Å². The monoisotopic (exact) mass is 705 g/mol. The molecule has 0 heterocycles. The van der Waals surface area contributed by atoms with Crippen molar-refractivity contribution in [2.24, 2.45) is 0 Å². The number of carbonyl (C=O) groups is 2. The Hall–Kier alpha value is -3.85.